The minimum absolute atomic E-state index is 0.466. The van der Waals surface area contributed by atoms with Crippen LogP contribution in [0.1, 0.15) is 29.5 Å². The Labute approximate surface area is 169 Å². The molecule has 4 nitrogen and oxygen atoms in total. The highest BCUT2D eigenvalue weighted by Crippen LogP contribution is 2.29. The van der Waals surface area contributed by atoms with Crippen LogP contribution in [0.25, 0.3) is 21.9 Å². The van der Waals surface area contributed by atoms with E-state index in [1.807, 2.05) is 12.4 Å². The van der Waals surface area contributed by atoms with Gasteiger partial charge in [-0.25, -0.2) is 9.97 Å². The fraction of sp³-hybridized carbons (Fsp3) is 0.304. The summed E-state index contributed by atoms with van der Waals surface area (Å²) in [5.74, 6) is 0. The fourth-order valence-electron chi connectivity index (χ4n) is 4.25. The summed E-state index contributed by atoms with van der Waals surface area (Å²) in [4.78, 5) is 11.6. The monoisotopic (exact) mass is 390 g/mol. The smallest absolute Gasteiger partial charge is 0.157 e. The number of likely N-dealkylation sites (tertiary alicyclic amines) is 1. The highest BCUT2D eigenvalue weighted by molar-refractivity contribution is 6.35. The van der Waals surface area contributed by atoms with E-state index in [1.54, 1.807) is 0 Å². The normalized spacial score (nSPS) is 15.1. The lowest BCUT2D eigenvalue weighted by Gasteiger charge is -2.15. The Balaban J connectivity index is 1.53. The van der Waals surface area contributed by atoms with Crippen molar-refractivity contribution >= 4 is 33.5 Å². The van der Waals surface area contributed by atoms with Crippen LogP contribution in [-0.4, -0.2) is 32.5 Å². The maximum atomic E-state index is 6.42. The molecule has 0 saturated carbocycles. The van der Waals surface area contributed by atoms with Crippen LogP contribution >= 0.6 is 11.6 Å². The van der Waals surface area contributed by atoms with Crippen molar-refractivity contribution in [3.63, 3.8) is 0 Å². The van der Waals surface area contributed by atoms with Gasteiger partial charge in [0, 0.05) is 18.5 Å². The number of nitrogens with zero attached hydrogens (tertiary/aromatic N) is 4. The predicted octanol–water partition coefficient (Wildman–Crippen LogP) is 5.19. The Bertz CT molecular complexity index is 1160. The predicted molar refractivity (Wildman–Crippen MR) is 115 cm³/mol. The van der Waals surface area contributed by atoms with Crippen molar-refractivity contribution in [2.24, 2.45) is 0 Å². The molecule has 1 aliphatic rings. The second-order valence-corrected chi connectivity index (χ2v) is 8.15. The maximum absolute atomic E-state index is 6.42. The number of fused-ring (bicyclic) bond motifs is 3. The zero-order valence-electron chi connectivity index (χ0n) is 16.0. The lowest BCUT2D eigenvalue weighted by Crippen LogP contribution is -2.18. The molecule has 2 aromatic heterocycles. The number of halogens is 1. The van der Waals surface area contributed by atoms with Gasteiger partial charge in [-0.15, -0.1) is 0 Å². The molecule has 0 amide bonds. The molecule has 1 fully saturated rings. The summed E-state index contributed by atoms with van der Waals surface area (Å²) in [5, 5.41) is 1.57. The van der Waals surface area contributed by atoms with Crippen LogP contribution in [0.4, 0.5) is 0 Å². The third kappa shape index (κ3) is 3.27. The summed E-state index contributed by atoms with van der Waals surface area (Å²) in [6.07, 6.45) is 4.52. The minimum atomic E-state index is 0.466. The van der Waals surface area contributed by atoms with Gasteiger partial charge in [-0.2, -0.15) is 0 Å². The standard InChI is InChI=1S/C23H23ClN4/c1-16-7-8-20-19(11-16)22-21(23(24)26-20)25-15-28(22)14-18-6-4-5-17(12-18)13-27-9-2-3-10-27/h4-8,11-12,15H,2-3,9-10,13-14H2,1H3. The van der Waals surface area contributed by atoms with Gasteiger partial charge in [-0.1, -0.05) is 47.5 Å². The van der Waals surface area contributed by atoms with Crippen molar-refractivity contribution in [3.8, 4) is 0 Å². The fourth-order valence-corrected chi connectivity index (χ4v) is 4.48. The maximum Gasteiger partial charge on any atom is 0.157 e. The SMILES string of the molecule is Cc1ccc2nc(Cl)c3ncn(Cc4cccc(CN5CCCC5)c4)c3c2c1. The molecule has 5 rings (SSSR count). The topological polar surface area (TPSA) is 34.0 Å². The number of hydrogen-bond donors (Lipinski definition) is 0. The quantitative estimate of drug-likeness (QED) is 0.449. The second kappa shape index (κ2) is 7.19. The molecule has 0 bridgehead atoms. The molecule has 0 radical (unpaired) electrons. The number of hydrogen-bond acceptors (Lipinski definition) is 3. The molecule has 1 aliphatic heterocycles. The highest BCUT2D eigenvalue weighted by Gasteiger charge is 2.14. The lowest BCUT2D eigenvalue weighted by molar-refractivity contribution is 0.331. The molecule has 0 N–H and O–H groups in total. The van der Waals surface area contributed by atoms with E-state index in [4.69, 9.17) is 11.6 Å². The first kappa shape index (κ1) is 17.7. The van der Waals surface area contributed by atoms with Crippen molar-refractivity contribution in [2.75, 3.05) is 13.1 Å². The van der Waals surface area contributed by atoms with E-state index in [-0.39, 0.29) is 0 Å². The van der Waals surface area contributed by atoms with Gasteiger partial charge in [0.1, 0.15) is 5.52 Å². The van der Waals surface area contributed by atoms with Gasteiger partial charge in [0.2, 0.25) is 0 Å². The molecule has 3 heterocycles. The first-order valence-electron chi connectivity index (χ1n) is 9.88. The highest BCUT2D eigenvalue weighted by atomic mass is 35.5. The van der Waals surface area contributed by atoms with Crippen LogP contribution in [0.5, 0.6) is 0 Å². The first-order valence-corrected chi connectivity index (χ1v) is 10.3. The largest absolute Gasteiger partial charge is 0.325 e. The van der Waals surface area contributed by atoms with Crippen LogP contribution in [0.15, 0.2) is 48.8 Å². The second-order valence-electron chi connectivity index (χ2n) is 7.80. The average molecular weight is 391 g/mol. The molecule has 2 aromatic carbocycles. The van der Waals surface area contributed by atoms with Crippen molar-refractivity contribution in [2.45, 2.75) is 32.9 Å². The lowest BCUT2D eigenvalue weighted by atomic mass is 10.1. The molecule has 0 atom stereocenters. The molecule has 4 aromatic rings. The Morgan fingerprint density at radius 1 is 1.00 bits per heavy atom. The first-order chi connectivity index (χ1) is 13.7. The van der Waals surface area contributed by atoms with Crippen LogP contribution in [-0.2, 0) is 13.1 Å². The molecule has 0 aliphatic carbocycles. The zero-order chi connectivity index (χ0) is 19.1. The summed E-state index contributed by atoms with van der Waals surface area (Å²) in [6.45, 7) is 6.34. The molecule has 0 unspecified atom stereocenters. The Morgan fingerprint density at radius 3 is 2.61 bits per heavy atom. The molecule has 0 spiro atoms. The number of imidazole rings is 1. The average Bonchev–Trinajstić information content (AvgIpc) is 3.33. The van der Waals surface area contributed by atoms with E-state index in [0.717, 1.165) is 35.0 Å². The van der Waals surface area contributed by atoms with E-state index >= 15 is 0 Å². The van der Waals surface area contributed by atoms with Crippen LogP contribution in [0.2, 0.25) is 5.15 Å². The third-order valence-electron chi connectivity index (χ3n) is 5.61. The molecular weight excluding hydrogens is 368 g/mol. The summed E-state index contributed by atoms with van der Waals surface area (Å²) in [5.41, 5.74) is 6.61. The number of aromatic nitrogens is 3. The van der Waals surface area contributed by atoms with Crippen LogP contribution in [0.3, 0.4) is 0 Å². The van der Waals surface area contributed by atoms with Crippen molar-refractivity contribution in [3.05, 3.63) is 70.6 Å². The van der Waals surface area contributed by atoms with Crippen LogP contribution < -0.4 is 0 Å². The summed E-state index contributed by atoms with van der Waals surface area (Å²) in [6, 6.07) is 15.2. The number of benzene rings is 2. The Kier molecular flexibility index (Phi) is 4.53. The number of rotatable bonds is 4. The van der Waals surface area contributed by atoms with Crippen molar-refractivity contribution < 1.29 is 0 Å². The Hall–Kier alpha value is -2.43. The van der Waals surface area contributed by atoms with E-state index in [2.05, 4.69) is 62.8 Å². The van der Waals surface area contributed by atoms with Gasteiger partial charge < -0.3 is 4.57 Å². The zero-order valence-corrected chi connectivity index (χ0v) is 16.8. The molecule has 28 heavy (non-hydrogen) atoms. The van der Waals surface area contributed by atoms with Gasteiger partial charge in [0.25, 0.3) is 0 Å². The Morgan fingerprint density at radius 2 is 1.79 bits per heavy atom. The molecule has 142 valence electrons. The van der Waals surface area contributed by atoms with Gasteiger partial charge >= 0.3 is 0 Å². The van der Waals surface area contributed by atoms with Crippen molar-refractivity contribution in [1.82, 2.24) is 19.4 Å². The van der Waals surface area contributed by atoms with E-state index < -0.39 is 0 Å². The van der Waals surface area contributed by atoms with Gasteiger partial charge in [-0.3, -0.25) is 4.90 Å². The molecule has 1 saturated heterocycles. The number of pyridine rings is 1. The van der Waals surface area contributed by atoms with E-state index in [9.17, 15) is 0 Å². The summed E-state index contributed by atoms with van der Waals surface area (Å²) in [7, 11) is 0. The third-order valence-corrected chi connectivity index (χ3v) is 5.87. The van der Waals surface area contributed by atoms with Crippen molar-refractivity contribution in [1.29, 1.82) is 0 Å². The molecule has 5 heteroatoms. The van der Waals surface area contributed by atoms with Gasteiger partial charge in [-0.05, 0) is 56.1 Å². The van der Waals surface area contributed by atoms with Gasteiger partial charge in [0.05, 0.1) is 17.4 Å². The minimum Gasteiger partial charge on any atom is -0.325 e. The number of aryl methyl sites for hydroxylation is 1. The van der Waals surface area contributed by atoms with E-state index in [1.165, 1.54) is 42.6 Å². The summed E-state index contributed by atoms with van der Waals surface area (Å²) >= 11 is 6.42. The molecular formula is C23H23ClN4. The summed E-state index contributed by atoms with van der Waals surface area (Å²) < 4.78 is 2.19. The van der Waals surface area contributed by atoms with Crippen LogP contribution in [0, 0.1) is 6.92 Å². The van der Waals surface area contributed by atoms with E-state index in [0.29, 0.717) is 5.15 Å². The van der Waals surface area contributed by atoms with Gasteiger partial charge in [0.15, 0.2) is 5.15 Å².